The summed E-state index contributed by atoms with van der Waals surface area (Å²) in [6, 6.07) is 15.5. The molecule has 0 aromatic heterocycles. The Bertz CT molecular complexity index is 1340. The Morgan fingerprint density at radius 2 is 1.73 bits per heavy atom. The van der Waals surface area contributed by atoms with Crippen LogP contribution in [0.5, 0.6) is 5.75 Å². The van der Waals surface area contributed by atoms with E-state index in [0.29, 0.717) is 5.70 Å². The van der Waals surface area contributed by atoms with E-state index < -0.39 is 14.3 Å². The largest absolute Gasteiger partial charge is 0.488 e. The summed E-state index contributed by atoms with van der Waals surface area (Å²) in [7, 11) is -0.374. The third-order valence-electron chi connectivity index (χ3n) is 10.1. The van der Waals surface area contributed by atoms with Gasteiger partial charge in [0.05, 0.1) is 18.1 Å². The van der Waals surface area contributed by atoms with Crippen LogP contribution in [-0.2, 0) is 25.0 Å². The first kappa shape index (κ1) is 34.6. The molecule has 1 unspecified atom stereocenters. The van der Waals surface area contributed by atoms with Crippen LogP contribution in [0.4, 0.5) is 0 Å². The van der Waals surface area contributed by atoms with Crippen molar-refractivity contribution in [2.75, 3.05) is 26.2 Å². The lowest BCUT2D eigenvalue weighted by atomic mass is 9.78. The highest BCUT2D eigenvalue weighted by Gasteiger charge is 2.61. The predicted octanol–water partition coefficient (Wildman–Crippen LogP) is 5.43. The second-order valence-electron chi connectivity index (χ2n) is 12.0. The number of carbonyl (C=O) groups excluding carboxylic acids is 2. The molecule has 8 nitrogen and oxygen atoms in total. The van der Waals surface area contributed by atoms with E-state index in [-0.39, 0.29) is 45.5 Å². The van der Waals surface area contributed by atoms with Crippen LogP contribution in [0, 0.1) is 11.8 Å². The molecule has 2 heterocycles. The van der Waals surface area contributed by atoms with Gasteiger partial charge in [-0.05, 0) is 61.6 Å². The number of hydrogen-bond donors (Lipinski definition) is 1. The van der Waals surface area contributed by atoms with Crippen LogP contribution >= 0.6 is 8.96 Å². The molecule has 44 heavy (non-hydrogen) atoms. The Morgan fingerprint density at radius 3 is 2.36 bits per heavy atom. The zero-order valence-electron chi connectivity index (χ0n) is 27.9. The van der Waals surface area contributed by atoms with E-state index in [9.17, 15) is 9.59 Å². The van der Waals surface area contributed by atoms with Crippen molar-refractivity contribution in [3.8, 4) is 5.75 Å². The number of likely N-dealkylation sites (N-methyl/N-ethyl adjacent to an activating group) is 1. The predicted molar refractivity (Wildman–Crippen MR) is 185 cm³/mol. The van der Waals surface area contributed by atoms with Crippen molar-refractivity contribution >= 4 is 47.9 Å². The van der Waals surface area contributed by atoms with Crippen molar-refractivity contribution in [1.82, 2.24) is 14.8 Å². The highest BCUT2D eigenvalue weighted by atomic mass is 31.1. The summed E-state index contributed by atoms with van der Waals surface area (Å²) in [5.74, 6) is -0.125. The average molecular weight is 640 g/mol. The van der Waals surface area contributed by atoms with E-state index in [2.05, 4.69) is 75.7 Å². The summed E-state index contributed by atoms with van der Waals surface area (Å²) in [5.41, 5.74) is 2.44. The quantitative estimate of drug-likeness (QED) is 0.141. The molecule has 11 heteroatoms. The zero-order chi connectivity index (χ0) is 32.0. The lowest BCUT2D eigenvalue weighted by Gasteiger charge is -2.49. The van der Waals surface area contributed by atoms with Gasteiger partial charge < -0.3 is 28.5 Å². The highest BCUT2D eigenvalue weighted by Crippen LogP contribution is 2.49. The molecule has 2 aliphatic rings. The lowest BCUT2D eigenvalue weighted by molar-refractivity contribution is -0.161. The molecular formula is C33H51BN3O5PSi. The molecule has 1 saturated heterocycles. The second kappa shape index (κ2) is 15.4. The molecule has 0 radical (unpaired) electrons. The molecular weight excluding hydrogens is 588 g/mol. The van der Waals surface area contributed by atoms with Gasteiger partial charge in [-0.3, -0.25) is 4.79 Å². The normalized spacial score (nSPS) is 21.0. The van der Waals surface area contributed by atoms with Gasteiger partial charge >= 0.3 is 5.97 Å². The van der Waals surface area contributed by atoms with Crippen molar-refractivity contribution in [1.29, 1.82) is 0 Å². The number of benzene rings is 2. The molecule has 0 aliphatic carbocycles. The van der Waals surface area contributed by atoms with Gasteiger partial charge in [-0.2, -0.15) is 0 Å². The Labute approximate surface area is 267 Å². The van der Waals surface area contributed by atoms with Crippen LogP contribution in [0.1, 0.15) is 54.0 Å². The Balaban J connectivity index is 1.60. The van der Waals surface area contributed by atoms with Gasteiger partial charge in [0.2, 0.25) is 5.91 Å². The second-order valence-corrected chi connectivity index (χ2v) is 17.7. The van der Waals surface area contributed by atoms with Crippen LogP contribution in [-0.4, -0.2) is 76.4 Å². The zero-order valence-corrected chi connectivity index (χ0v) is 29.9. The van der Waals surface area contributed by atoms with E-state index in [1.807, 2.05) is 19.1 Å². The maximum absolute atomic E-state index is 13.7. The van der Waals surface area contributed by atoms with Crippen molar-refractivity contribution in [3.63, 3.8) is 0 Å². The van der Waals surface area contributed by atoms with Crippen LogP contribution < -0.4 is 9.74 Å². The lowest BCUT2D eigenvalue weighted by Crippen LogP contribution is -2.65. The van der Waals surface area contributed by atoms with Gasteiger partial charge in [-0.25, -0.2) is 4.79 Å². The molecule has 2 aromatic carbocycles. The molecule has 240 valence electrons. The molecule has 0 saturated carbocycles. The van der Waals surface area contributed by atoms with E-state index in [1.165, 1.54) is 10.9 Å². The number of rotatable bonds is 17. The van der Waals surface area contributed by atoms with E-state index >= 15 is 0 Å². The smallest absolute Gasteiger partial charge is 0.358 e. The Kier molecular flexibility index (Phi) is 12.1. The minimum absolute atomic E-state index is 0.0571. The number of ether oxygens (including phenoxy) is 1. The van der Waals surface area contributed by atoms with Crippen LogP contribution in [0.25, 0.3) is 10.8 Å². The van der Waals surface area contributed by atoms with Crippen molar-refractivity contribution in [3.05, 3.63) is 53.2 Å². The third kappa shape index (κ3) is 6.80. The first-order chi connectivity index (χ1) is 21.2. The minimum Gasteiger partial charge on any atom is -0.488 e. The van der Waals surface area contributed by atoms with Crippen LogP contribution in [0.2, 0.25) is 18.1 Å². The van der Waals surface area contributed by atoms with Gasteiger partial charge in [0, 0.05) is 23.4 Å². The summed E-state index contributed by atoms with van der Waals surface area (Å²) in [4.78, 5) is 34.1. The third-order valence-corrected chi connectivity index (χ3v) is 15.3. The summed E-state index contributed by atoms with van der Waals surface area (Å²) in [5, 5.41) is 2.23. The summed E-state index contributed by atoms with van der Waals surface area (Å²) < 4.78 is 18.8. The van der Waals surface area contributed by atoms with Gasteiger partial charge in [0.1, 0.15) is 27.0 Å². The van der Waals surface area contributed by atoms with Gasteiger partial charge in [0.15, 0.2) is 16.3 Å². The average Bonchev–Trinajstić information content (AvgIpc) is 3.29. The maximum atomic E-state index is 13.7. The number of nitrogens with zero attached hydrogens (tertiary/aromatic N) is 2. The topological polar surface area (TPSA) is 80.3 Å². The molecule has 4 rings (SSSR count). The van der Waals surface area contributed by atoms with E-state index in [4.69, 9.17) is 13.7 Å². The van der Waals surface area contributed by atoms with Gasteiger partial charge in [0.25, 0.3) is 0 Å². The summed E-state index contributed by atoms with van der Waals surface area (Å²) in [6.07, 6.45) is 0.758. The maximum Gasteiger partial charge on any atom is 0.358 e. The van der Waals surface area contributed by atoms with Gasteiger partial charge in [-0.15, -0.1) is 0 Å². The molecule has 2 aromatic rings. The number of fused-ring (bicyclic) bond motifs is 2. The SMILES string of the molecule is BNPOC(=O)C1=C(COc2cccc3c(CCN(CC)CC)cccc23)[C@H](C)[C@@H]2[C@@H]([C@@H](C)O[Si](CC)(CC)CC)C(=O)N12. The first-order valence-corrected chi connectivity index (χ1v) is 19.9. The number of β-lactam (4-membered cyclic amide) rings is 1. The molecule has 0 bridgehead atoms. The molecule has 1 amide bonds. The van der Waals surface area contributed by atoms with Crippen LogP contribution in [0.3, 0.4) is 0 Å². The highest BCUT2D eigenvalue weighted by molar-refractivity contribution is 7.32. The standard InChI is InChI=1S/C33H51BN3O5PSi/c1-8-36(9-2)20-19-24-15-13-17-26-25(24)16-14-18-28(26)40-21-27-22(6)30-29(23(7)42-44(10-3,11-4)12-5)32(38)37(30)31(27)33(39)41-43-35-34/h13-18,22-23,29-30,35,43H,8-12,19-21,34H2,1-7H3/t22-,23+,29+,30+/m0/s1. The number of nitrogens with one attached hydrogen (secondary N) is 1. The number of amides is 1. The monoisotopic (exact) mass is 639 g/mol. The fourth-order valence-electron chi connectivity index (χ4n) is 7.09. The molecule has 2 aliphatic heterocycles. The Morgan fingerprint density at radius 1 is 1.07 bits per heavy atom. The molecule has 5 atom stereocenters. The fraction of sp³-hybridized carbons (Fsp3) is 0.576. The Hall–Kier alpha value is -2.23. The minimum atomic E-state index is -1.91. The fourth-order valence-corrected chi connectivity index (χ4v) is 10.3. The number of hydrogen-bond acceptors (Lipinski definition) is 7. The van der Waals surface area contributed by atoms with Gasteiger partial charge in [-0.1, -0.05) is 71.9 Å². The first-order valence-electron chi connectivity index (χ1n) is 16.4. The molecule has 1 fully saturated rings. The molecule has 1 N–H and O–H groups in total. The summed E-state index contributed by atoms with van der Waals surface area (Å²) in [6.45, 7) is 18.4. The summed E-state index contributed by atoms with van der Waals surface area (Å²) >= 11 is 0. The van der Waals surface area contributed by atoms with Crippen molar-refractivity contribution < 1.29 is 23.3 Å². The van der Waals surface area contributed by atoms with Crippen molar-refractivity contribution in [2.24, 2.45) is 11.8 Å². The van der Waals surface area contributed by atoms with Crippen LogP contribution in [0.15, 0.2) is 47.7 Å². The van der Waals surface area contributed by atoms with E-state index in [1.54, 1.807) is 12.9 Å². The van der Waals surface area contributed by atoms with E-state index in [0.717, 1.165) is 60.9 Å². The molecule has 0 spiro atoms. The van der Waals surface area contributed by atoms with Crippen molar-refractivity contribution in [2.45, 2.75) is 85.2 Å². The number of carbonyl (C=O) groups is 2.